The van der Waals surface area contributed by atoms with Crippen LogP contribution in [0.25, 0.3) is 0 Å². The maximum atomic E-state index is 5.80. The largest absolute Gasteiger partial charge is 0.370 e. The molecule has 2 N–H and O–H groups in total. The molecule has 0 amide bonds. The Bertz CT molecular complexity index is 371. The summed E-state index contributed by atoms with van der Waals surface area (Å²) >= 11 is 0. The van der Waals surface area contributed by atoms with Crippen molar-refractivity contribution in [2.24, 2.45) is 5.73 Å². The molecule has 2 rings (SSSR count). The standard InChI is InChI=1S/C13H20N2/c1-9-4-5-10(2)13-12(9)7-6-11(8-14)15(13)3/h4-5,11H,6-8,14H2,1-3H3. The fourth-order valence-electron chi connectivity index (χ4n) is 2.62. The molecule has 0 bridgehead atoms. The summed E-state index contributed by atoms with van der Waals surface area (Å²) in [6, 6.07) is 4.95. The Labute approximate surface area is 92.1 Å². The van der Waals surface area contributed by atoms with Crippen molar-refractivity contribution in [3.63, 3.8) is 0 Å². The molecule has 0 saturated carbocycles. The molecular weight excluding hydrogens is 184 g/mol. The summed E-state index contributed by atoms with van der Waals surface area (Å²) in [6.45, 7) is 5.14. The zero-order valence-electron chi connectivity index (χ0n) is 9.88. The van der Waals surface area contributed by atoms with Crippen molar-refractivity contribution >= 4 is 5.69 Å². The molecule has 1 aromatic rings. The Kier molecular flexibility index (Phi) is 2.70. The molecule has 1 aliphatic rings. The van der Waals surface area contributed by atoms with Crippen LogP contribution >= 0.6 is 0 Å². The first-order valence-electron chi connectivity index (χ1n) is 5.67. The lowest BCUT2D eigenvalue weighted by molar-refractivity contribution is 0.562. The second-order valence-electron chi connectivity index (χ2n) is 4.57. The van der Waals surface area contributed by atoms with Gasteiger partial charge in [0, 0.05) is 25.3 Å². The molecule has 15 heavy (non-hydrogen) atoms. The van der Waals surface area contributed by atoms with Gasteiger partial charge in [0.25, 0.3) is 0 Å². The predicted molar refractivity (Wildman–Crippen MR) is 65.5 cm³/mol. The number of likely N-dealkylation sites (N-methyl/N-ethyl adjacent to an activating group) is 1. The van der Waals surface area contributed by atoms with E-state index in [2.05, 4.69) is 37.9 Å². The third-order valence-corrected chi connectivity index (χ3v) is 3.62. The summed E-state index contributed by atoms with van der Waals surface area (Å²) < 4.78 is 0. The van der Waals surface area contributed by atoms with Crippen molar-refractivity contribution in [2.75, 3.05) is 18.5 Å². The summed E-state index contributed by atoms with van der Waals surface area (Å²) in [5.74, 6) is 0. The number of hydrogen-bond acceptors (Lipinski definition) is 2. The van der Waals surface area contributed by atoms with Gasteiger partial charge in [-0.15, -0.1) is 0 Å². The monoisotopic (exact) mass is 204 g/mol. The number of hydrogen-bond donors (Lipinski definition) is 1. The zero-order chi connectivity index (χ0) is 11.0. The van der Waals surface area contributed by atoms with E-state index in [4.69, 9.17) is 5.73 Å². The molecule has 1 atom stereocenters. The van der Waals surface area contributed by atoms with E-state index in [-0.39, 0.29) is 0 Å². The van der Waals surface area contributed by atoms with Crippen LogP contribution in [0.3, 0.4) is 0 Å². The average Bonchev–Trinajstić information content (AvgIpc) is 2.23. The summed E-state index contributed by atoms with van der Waals surface area (Å²) in [4.78, 5) is 2.36. The van der Waals surface area contributed by atoms with Crippen LogP contribution in [0.1, 0.15) is 23.1 Å². The van der Waals surface area contributed by atoms with Crippen LogP contribution < -0.4 is 10.6 Å². The third kappa shape index (κ3) is 1.63. The molecule has 1 heterocycles. The Hall–Kier alpha value is -1.02. The van der Waals surface area contributed by atoms with E-state index in [1.165, 1.54) is 35.2 Å². The number of fused-ring (bicyclic) bond motifs is 1. The van der Waals surface area contributed by atoms with E-state index >= 15 is 0 Å². The molecule has 2 nitrogen and oxygen atoms in total. The van der Waals surface area contributed by atoms with Gasteiger partial charge < -0.3 is 10.6 Å². The Balaban J connectivity index is 2.50. The second kappa shape index (κ2) is 3.86. The molecule has 0 fully saturated rings. The quantitative estimate of drug-likeness (QED) is 0.758. The highest BCUT2D eigenvalue weighted by Crippen LogP contribution is 2.34. The highest BCUT2D eigenvalue weighted by Gasteiger charge is 2.24. The lowest BCUT2D eigenvalue weighted by atomic mass is 9.90. The smallest absolute Gasteiger partial charge is 0.0431 e. The van der Waals surface area contributed by atoms with Crippen molar-refractivity contribution in [1.82, 2.24) is 0 Å². The van der Waals surface area contributed by atoms with E-state index in [0.717, 1.165) is 6.54 Å². The molecule has 0 aliphatic carbocycles. The van der Waals surface area contributed by atoms with Crippen LogP contribution in [0.4, 0.5) is 5.69 Å². The lowest BCUT2D eigenvalue weighted by Crippen LogP contribution is -2.42. The highest BCUT2D eigenvalue weighted by atomic mass is 15.2. The van der Waals surface area contributed by atoms with Gasteiger partial charge in [0.05, 0.1) is 0 Å². The molecule has 0 saturated heterocycles. The number of rotatable bonds is 1. The average molecular weight is 204 g/mol. The number of benzene rings is 1. The molecule has 2 heteroatoms. The molecule has 1 aliphatic heterocycles. The van der Waals surface area contributed by atoms with Gasteiger partial charge in [0.1, 0.15) is 0 Å². The van der Waals surface area contributed by atoms with Gasteiger partial charge in [-0.25, -0.2) is 0 Å². The van der Waals surface area contributed by atoms with Crippen molar-refractivity contribution in [2.45, 2.75) is 32.7 Å². The SMILES string of the molecule is Cc1ccc(C)c2c1CCC(CN)N2C. The number of nitrogens with zero attached hydrogens (tertiary/aromatic N) is 1. The molecule has 82 valence electrons. The number of anilines is 1. The van der Waals surface area contributed by atoms with Crippen molar-refractivity contribution in [3.8, 4) is 0 Å². The zero-order valence-corrected chi connectivity index (χ0v) is 9.88. The Morgan fingerprint density at radius 1 is 1.33 bits per heavy atom. The minimum absolute atomic E-state index is 0.512. The van der Waals surface area contributed by atoms with Crippen molar-refractivity contribution in [3.05, 3.63) is 28.8 Å². The summed E-state index contributed by atoms with van der Waals surface area (Å²) in [7, 11) is 2.17. The van der Waals surface area contributed by atoms with Crippen LogP contribution in [0.2, 0.25) is 0 Å². The maximum Gasteiger partial charge on any atom is 0.0431 e. The van der Waals surface area contributed by atoms with Gasteiger partial charge in [-0.1, -0.05) is 12.1 Å². The van der Waals surface area contributed by atoms with E-state index < -0.39 is 0 Å². The van der Waals surface area contributed by atoms with Crippen molar-refractivity contribution in [1.29, 1.82) is 0 Å². The van der Waals surface area contributed by atoms with E-state index in [1.54, 1.807) is 0 Å². The first-order valence-corrected chi connectivity index (χ1v) is 5.67. The van der Waals surface area contributed by atoms with Crippen LogP contribution in [0.15, 0.2) is 12.1 Å². The van der Waals surface area contributed by atoms with Crippen LogP contribution in [0.5, 0.6) is 0 Å². The third-order valence-electron chi connectivity index (χ3n) is 3.62. The molecule has 0 radical (unpaired) electrons. The normalized spacial score (nSPS) is 20.3. The van der Waals surface area contributed by atoms with Gasteiger partial charge in [0.15, 0.2) is 0 Å². The fourth-order valence-corrected chi connectivity index (χ4v) is 2.62. The maximum absolute atomic E-state index is 5.80. The minimum atomic E-state index is 0.512. The molecule has 0 aromatic heterocycles. The van der Waals surface area contributed by atoms with E-state index in [9.17, 15) is 0 Å². The number of nitrogens with two attached hydrogens (primary N) is 1. The summed E-state index contributed by atoms with van der Waals surface area (Å²) in [5, 5.41) is 0. The molecule has 0 spiro atoms. The topological polar surface area (TPSA) is 29.3 Å². The first-order chi connectivity index (χ1) is 7.15. The minimum Gasteiger partial charge on any atom is -0.370 e. The first kappa shape index (κ1) is 10.5. The fraction of sp³-hybridized carbons (Fsp3) is 0.538. The van der Waals surface area contributed by atoms with Crippen molar-refractivity contribution < 1.29 is 0 Å². The molecular formula is C13H20N2. The highest BCUT2D eigenvalue weighted by molar-refractivity contribution is 5.63. The van der Waals surface area contributed by atoms with E-state index in [1.807, 2.05) is 0 Å². The van der Waals surface area contributed by atoms with Gasteiger partial charge in [0.2, 0.25) is 0 Å². The van der Waals surface area contributed by atoms with E-state index in [0.29, 0.717) is 6.04 Å². The van der Waals surface area contributed by atoms with Crippen LogP contribution in [0, 0.1) is 13.8 Å². The Morgan fingerprint density at radius 3 is 2.67 bits per heavy atom. The number of aryl methyl sites for hydroxylation is 2. The summed E-state index contributed by atoms with van der Waals surface area (Å²) in [6.07, 6.45) is 2.36. The van der Waals surface area contributed by atoms with Gasteiger partial charge in [-0.3, -0.25) is 0 Å². The van der Waals surface area contributed by atoms with Gasteiger partial charge in [-0.05, 0) is 43.4 Å². The second-order valence-corrected chi connectivity index (χ2v) is 4.57. The van der Waals surface area contributed by atoms with Crippen LogP contribution in [-0.4, -0.2) is 19.6 Å². The van der Waals surface area contributed by atoms with Gasteiger partial charge >= 0.3 is 0 Å². The molecule has 1 unspecified atom stereocenters. The van der Waals surface area contributed by atoms with Crippen LogP contribution in [-0.2, 0) is 6.42 Å². The Morgan fingerprint density at radius 2 is 2.00 bits per heavy atom. The molecule has 1 aromatic carbocycles. The predicted octanol–water partition coefficient (Wildman–Crippen LogP) is 2.01. The lowest BCUT2D eigenvalue weighted by Gasteiger charge is -2.37. The van der Waals surface area contributed by atoms with Gasteiger partial charge in [-0.2, -0.15) is 0 Å². The summed E-state index contributed by atoms with van der Waals surface area (Å²) in [5.41, 5.74) is 11.5.